The molecule has 0 aliphatic heterocycles. The molecule has 0 N–H and O–H groups in total. The van der Waals surface area contributed by atoms with Crippen LogP contribution >= 0.6 is 11.3 Å². The SMILES string of the molecule is COc1cc(C(=O)N(C)C(C)c2nc3ccccc3s2)ccc1C. The van der Waals surface area contributed by atoms with Gasteiger partial charge in [-0.2, -0.15) is 0 Å². The number of hydrogen-bond donors (Lipinski definition) is 0. The molecular formula is C19H20N2O2S. The summed E-state index contributed by atoms with van der Waals surface area (Å²) in [5.41, 5.74) is 2.60. The van der Waals surface area contributed by atoms with Crippen molar-refractivity contribution in [1.82, 2.24) is 9.88 Å². The topological polar surface area (TPSA) is 42.4 Å². The van der Waals surface area contributed by atoms with Crippen molar-refractivity contribution in [3.8, 4) is 5.75 Å². The van der Waals surface area contributed by atoms with Crippen LogP contribution < -0.4 is 4.74 Å². The van der Waals surface area contributed by atoms with Crippen molar-refractivity contribution in [2.24, 2.45) is 0 Å². The number of nitrogens with zero attached hydrogens (tertiary/aromatic N) is 2. The Hall–Kier alpha value is -2.40. The largest absolute Gasteiger partial charge is 0.496 e. The van der Waals surface area contributed by atoms with Crippen molar-refractivity contribution in [2.75, 3.05) is 14.2 Å². The predicted molar refractivity (Wildman–Crippen MR) is 97.9 cm³/mol. The van der Waals surface area contributed by atoms with E-state index in [-0.39, 0.29) is 11.9 Å². The quantitative estimate of drug-likeness (QED) is 0.705. The molecule has 1 heterocycles. The van der Waals surface area contributed by atoms with Crippen LogP contribution in [0, 0.1) is 6.92 Å². The molecule has 0 spiro atoms. The van der Waals surface area contributed by atoms with E-state index in [2.05, 4.69) is 11.1 Å². The first-order chi connectivity index (χ1) is 11.5. The fraction of sp³-hybridized carbons (Fsp3) is 0.263. The molecule has 0 aliphatic carbocycles. The standard InChI is InChI=1S/C19H20N2O2S/c1-12-9-10-14(11-16(12)23-4)19(22)21(3)13(2)18-20-15-7-5-6-8-17(15)24-18/h5-11,13H,1-4H3. The minimum atomic E-state index is -0.0952. The van der Waals surface area contributed by atoms with E-state index in [1.165, 1.54) is 0 Å². The number of aromatic nitrogens is 1. The van der Waals surface area contributed by atoms with E-state index in [4.69, 9.17) is 4.74 Å². The molecule has 0 fully saturated rings. The second-order valence-electron chi connectivity index (χ2n) is 5.80. The minimum Gasteiger partial charge on any atom is -0.496 e. The van der Waals surface area contributed by atoms with Crippen LogP contribution in [0.15, 0.2) is 42.5 Å². The van der Waals surface area contributed by atoms with E-state index >= 15 is 0 Å². The molecule has 0 bridgehead atoms. The van der Waals surface area contributed by atoms with Crippen LogP contribution in [0.4, 0.5) is 0 Å². The summed E-state index contributed by atoms with van der Waals surface area (Å²) in [6.45, 7) is 3.96. The van der Waals surface area contributed by atoms with Gasteiger partial charge in [0.25, 0.3) is 5.91 Å². The first kappa shape index (κ1) is 16.5. The number of amides is 1. The molecule has 3 aromatic rings. The van der Waals surface area contributed by atoms with Gasteiger partial charge < -0.3 is 9.64 Å². The number of fused-ring (bicyclic) bond motifs is 1. The van der Waals surface area contributed by atoms with Gasteiger partial charge in [-0.3, -0.25) is 4.79 Å². The van der Waals surface area contributed by atoms with Gasteiger partial charge in [0.2, 0.25) is 0 Å². The van der Waals surface area contributed by atoms with Crippen LogP contribution in [0.3, 0.4) is 0 Å². The van der Waals surface area contributed by atoms with E-state index in [1.54, 1.807) is 29.4 Å². The molecule has 0 saturated heterocycles. The minimum absolute atomic E-state index is 0.0416. The van der Waals surface area contributed by atoms with Gasteiger partial charge in [0.15, 0.2) is 0 Å². The Balaban J connectivity index is 1.86. The Labute approximate surface area is 145 Å². The number of carbonyl (C=O) groups is 1. The van der Waals surface area contributed by atoms with Gasteiger partial charge in [-0.25, -0.2) is 4.98 Å². The zero-order chi connectivity index (χ0) is 17.3. The summed E-state index contributed by atoms with van der Waals surface area (Å²) in [5.74, 6) is 0.682. The normalized spacial score (nSPS) is 12.2. The van der Waals surface area contributed by atoms with Crippen molar-refractivity contribution in [2.45, 2.75) is 19.9 Å². The third kappa shape index (κ3) is 2.99. The number of methoxy groups -OCH3 is 1. The van der Waals surface area contributed by atoms with E-state index in [1.807, 2.05) is 51.2 Å². The highest BCUT2D eigenvalue weighted by Gasteiger charge is 2.22. The molecule has 1 atom stereocenters. The van der Waals surface area contributed by atoms with Gasteiger partial charge in [-0.05, 0) is 43.7 Å². The van der Waals surface area contributed by atoms with Crippen molar-refractivity contribution >= 4 is 27.5 Å². The predicted octanol–water partition coefficient (Wildman–Crippen LogP) is 4.45. The lowest BCUT2D eigenvalue weighted by molar-refractivity contribution is 0.0742. The number of thiazole rings is 1. The molecule has 24 heavy (non-hydrogen) atoms. The van der Waals surface area contributed by atoms with Crippen molar-refractivity contribution in [3.05, 3.63) is 58.6 Å². The first-order valence-electron chi connectivity index (χ1n) is 7.78. The fourth-order valence-corrected chi connectivity index (χ4v) is 3.63. The summed E-state index contributed by atoms with van der Waals surface area (Å²) in [6, 6.07) is 13.5. The summed E-state index contributed by atoms with van der Waals surface area (Å²) in [5, 5.41) is 0.936. The lowest BCUT2D eigenvalue weighted by atomic mass is 10.1. The molecule has 0 saturated carbocycles. The monoisotopic (exact) mass is 340 g/mol. The molecular weight excluding hydrogens is 320 g/mol. The maximum absolute atomic E-state index is 12.8. The molecule has 2 aromatic carbocycles. The summed E-state index contributed by atoms with van der Waals surface area (Å²) in [6.07, 6.45) is 0. The lowest BCUT2D eigenvalue weighted by Gasteiger charge is -2.23. The number of ether oxygens (including phenoxy) is 1. The summed E-state index contributed by atoms with van der Waals surface area (Å²) >= 11 is 1.63. The average Bonchev–Trinajstić information content (AvgIpc) is 3.04. The van der Waals surface area contributed by atoms with Crippen molar-refractivity contribution in [3.63, 3.8) is 0 Å². The number of para-hydroxylation sites is 1. The van der Waals surface area contributed by atoms with Gasteiger partial charge in [0, 0.05) is 12.6 Å². The Bertz CT molecular complexity index is 855. The van der Waals surface area contributed by atoms with E-state index in [0.717, 1.165) is 26.5 Å². The number of carbonyl (C=O) groups excluding carboxylic acids is 1. The zero-order valence-electron chi connectivity index (χ0n) is 14.2. The van der Waals surface area contributed by atoms with E-state index in [9.17, 15) is 4.79 Å². The summed E-state index contributed by atoms with van der Waals surface area (Å²) in [4.78, 5) is 19.2. The second-order valence-corrected chi connectivity index (χ2v) is 6.86. The first-order valence-corrected chi connectivity index (χ1v) is 8.60. The molecule has 1 amide bonds. The van der Waals surface area contributed by atoms with Crippen LogP contribution in [0.1, 0.15) is 33.9 Å². The third-order valence-corrected chi connectivity index (χ3v) is 5.43. The molecule has 3 rings (SSSR count). The van der Waals surface area contributed by atoms with Gasteiger partial charge in [0.1, 0.15) is 10.8 Å². The van der Waals surface area contributed by atoms with E-state index in [0.29, 0.717) is 5.56 Å². The molecule has 1 unspecified atom stereocenters. The molecule has 1 aromatic heterocycles. The number of rotatable bonds is 4. The number of hydrogen-bond acceptors (Lipinski definition) is 4. The Morgan fingerprint density at radius 1 is 1.25 bits per heavy atom. The molecule has 0 aliphatic rings. The molecule has 4 nitrogen and oxygen atoms in total. The van der Waals surface area contributed by atoms with Crippen LogP contribution in [-0.4, -0.2) is 29.9 Å². The van der Waals surface area contributed by atoms with Gasteiger partial charge in [0.05, 0.1) is 23.4 Å². The van der Waals surface area contributed by atoms with Crippen LogP contribution in [-0.2, 0) is 0 Å². The zero-order valence-corrected chi connectivity index (χ0v) is 15.1. The van der Waals surface area contributed by atoms with Crippen LogP contribution in [0.25, 0.3) is 10.2 Å². The summed E-state index contributed by atoms with van der Waals surface area (Å²) < 4.78 is 6.46. The molecule has 5 heteroatoms. The Morgan fingerprint density at radius 3 is 2.71 bits per heavy atom. The second kappa shape index (κ2) is 6.61. The van der Waals surface area contributed by atoms with Crippen molar-refractivity contribution in [1.29, 1.82) is 0 Å². The van der Waals surface area contributed by atoms with Gasteiger partial charge in [-0.15, -0.1) is 11.3 Å². The summed E-state index contributed by atoms with van der Waals surface area (Å²) in [7, 11) is 3.43. The molecule has 124 valence electrons. The Morgan fingerprint density at radius 2 is 2.00 bits per heavy atom. The lowest BCUT2D eigenvalue weighted by Crippen LogP contribution is -2.29. The highest BCUT2D eigenvalue weighted by Crippen LogP contribution is 2.30. The van der Waals surface area contributed by atoms with Crippen molar-refractivity contribution < 1.29 is 9.53 Å². The average molecular weight is 340 g/mol. The number of aryl methyl sites for hydroxylation is 1. The molecule has 0 radical (unpaired) electrons. The highest BCUT2D eigenvalue weighted by atomic mass is 32.1. The number of benzene rings is 2. The van der Waals surface area contributed by atoms with Gasteiger partial charge >= 0.3 is 0 Å². The van der Waals surface area contributed by atoms with Crippen LogP contribution in [0.5, 0.6) is 5.75 Å². The Kier molecular flexibility index (Phi) is 4.53. The maximum Gasteiger partial charge on any atom is 0.254 e. The van der Waals surface area contributed by atoms with Gasteiger partial charge in [-0.1, -0.05) is 18.2 Å². The fourth-order valence-electron chi connectivity index (χ4n) is 2.57. The van der Waals surface area contributed by atoms with E-state index < -0.39 is 0 Å². The van der Waals surface area contributed by atoms with Crippen LogP contribution in [0.2, 0.25) is 0 Å². The third-order valence-electron chi connectivity index (χ3n) is 4.22. The smallest absolute Gasteiger partial charge is 0.254 e. The maximum atomic E-state index is 12.8. The highest BCUT2D eigenvalue weighted by molar-refractivity contribution is 7.18.